The van der Waals surface area contributed by atoms with Crippen molar-refractivity contribution < 1.29 is 23.1 Å². The van der Waals surface area contributed by atoms with E-state index in [0.29, 0.717) is 17.7 Å². The second kappa shape index (κ2) is 12.3. The molecule has 0 aliphatic carbocycles. The van der Waals surface area contributed by atoms with Crippen LogP contribution >= 0.6 is 12.4 Å². The molecule has 4 rings (SSSR count). The number of amidine groups is 1. The minimum absolute atomic E-state index is 0. The van der Waals surface area contributed by atoms with Crippen LogP contribution in [-0.4, -0.2) is 73.3 Å². The lowest BCUT2D eigenvalue weighted by atomic mass is 9.98. The smallest absolute Gasteiger partial charge is 0.326 e. The number of hydrogen-bond donors (Lipinski definition) is 4. The van der Waals surface area contributed by atoms with Crippen molar-refractivity contribution in [3.63, 3.8) is 0 Å². The lowest BCUT2D eigenvalue weighted by molar-refractivity contribution is -0.150. The van der Waals surface area contributed by atoms with Crippen LogP contribution in [0.2, 0.25) is 0 Å². The Kier molecular flexibility index (Phi) is 9.55. The van der Waals surface area contributed by atoms with E-state index in [-0.39, 0.29) is 42.5 Å². The van der Waals surface area contributed by atoms with E-state index < -0.39 is 34.0 Å². The number of nitrogens with two attached hydrogens (primary N) is 1. The Hall–Kier alpha value is -3.25. The molecule has 210 valence electrons. The summed E-state index contributed by atoms with van der Waals surface area (Å²) in [6.07, 6.45) is 2.72. The summed E-state index contributed by atoms with van der Waals surface area (Å²) in [7, 11) is -2.16. The predicted molar refractivity (Wildman–Crippen MR) is 151 cm³/mol. The Balaban J connectivity index is 0.00000420. The van der Waals surface area contributed by atoms with Gasteiger partial charge >= 0.3 is 5.97 Å². The van der Waals surface area contributed by atoms with E-state index in [1.54, 1.807) is 43.3 Å². The van der Waals surface area contributed by atoms with Crippen molar-refractivity contribution >= 4 is 40.1 Å². The number of likely N-dealkylation sites (N-methyl/N-ethyl adjacent to an activating group) is 1. The fourth-order valence-electron chi connectivity index (χ4n) is 4.92. The molecule has 5 N–H and O–H groups in total. The third kappa shape index (κ3) is 7.04. The van der Waals surface area contributed by atoms with Gasteiger partial charge in [-0.1, -0.05) is 35.9 Å². The number of aliphatic carboxylic acids is 1. The van der Waals surface area contributed by atoms with E-state index in [4.69, 9.17) is 11.1 Å². The molecule has 2 aliphatic heterocycles. The summed E-state index contributed by atoms with van der Waals surface area (Å²) < 4.78 is 29.7. The number of sulfonamides is 1. The van der Waals surface area contributed by atoms with Gasteiger partial charge in [-0.2, -0.15) is 4.72 Å². The highest BCUT2D eigenvalue weighted by Crippen LogP contribution is 2.24. The first-order valence-electron chi connectivity index (χ1n) is 12.4. The highest BCUT2D eigenvalue weighted by molar-refractivity contribution is 7.89. The number of fused-ring (bicyclic) bond motifs is 1. The van der Waals surface area contributed by atoms with Crippen molar-refractivity contribution in [3.05, 3.63) is 76.4 Å². The molecule has 1 amide bonds. The molecule has 2 aromatic rings. The molecule has 0 fully saturated rings. The first-order valence-corrected chi connectivity index (χ1v) is 13.9. The van der Waals surface area contributed by atoms with Crippen LogP contribution in [0.15, 0.2) is 59.0 Å². The molecule has 0 unspecified atom stereocenters. The highest BCUT2D eigenvalue weighted by Gasteiger charge is 2.37. The van der Waals surface area contributed by atoms with Gasteiger partial charge in [0.2, 0.25) is 15.9 Å². The minimum atomic E-state index is -4.13. The standard InChI is InChI=1S/C27H33N5O5S.ClH/c1-17-8-11-32(24(12-17)27(34)35)26(33)23(14-18-4-3-5-20(13-18)25(28)29)30-38(36,37)22-7-6-19-9-10-31(2)16-21(19)15-22;/h3-8,13,15,23-24,30H,9-12,14,16H2,1-2H3,(H3,28,29)(H,34,35);1H/t23-,24-;/m0./s1. The number of carboxylic acids is 1. The maximum absolute atomic E-state index is 13.8. The van der Waals surface area contributed by atoms with E-state index in [1.807, 2.05) is 13.1 Å². The maximum Gasteiger partial charge on any atom is 0.326 e. The Bertz CT molecular complexity index is 1410. The Morgan fingerprint density at radius 3 is 2.64 bits per heavy atom. The normalized spacial score (nSPS) is 18.4. The minimum Gasteiger partial charge on any atom is -0.480 e. The van der Waals surface area contributed by atoms with E-state index in [2.05, 4.69) is 9.62 Å². The molecule has 12 heteroatoms. The average Bonchev–Trinajstić information content (AvgIpc) is 2.87. The van der Waals surface area contributed by atoms with Gasteiger partial charge in [0.1, 0.15) is 17.9 Å². The topological polar surface area (TPSA) is 157 Å². The quantitative estimate of drug-likeness (QED) is 0.213. The van der Waals surface area contributed by atoms with Crippen molar-refractivity contribution in [3.8, 4) is 0 Å². The van der Waals surface area contributed by atoms with Crippen molar-refractivity contribution in [2.24, 2.45) is 5.73 Å². The van der Waals surface area contributed by atoms with Crippen LogP contribution in [0.5, 0.6) is 0 Å². The van der Waals surface area contributed by atoms with Crippen LogP contribution in [0.3, 0.4) is 0 Å². The summed E-state index contributed by atoms with van der Waals surface area (Å²) in [4.78, 5) is 29.1. The zero-order valence-electron chi connectivity index (χ0n) is 21.9. The van der Waals surface area contributed by atoms with Gasteiger partial charge < -0.3 is 20.6 Å². The molecule has 2 atom stereocenters. The van der Waals surface area contributed by atoms with Gasteiger partial charge in [0.25, 0.3) is 0 Å². The number of carbonyl (C=O) groups excluding carboxylic acids is 1. The molecule has 10 nitrogen and oxygen atoms in total. The molecule has 0 saturated heterocycles. The van der Waals surface area contributed by atoms with Gasteiger partial charge in [-0.05, 0) is 68.1 Å². The first kappa shape index (κ1) is 30.3. The number of nitrogens with one attached hydrogen (secondary N) is 2. The van der Waals surface area contributed by atoms with Crippen molar-refractivity contribution in [1.29, 1.82) is 5.41 Å². The molecular weight excluding hydrogens is 542 g/mol. The van der Waals surface area contributed by atoms with Crippen LogP contribution in [0.25, 0.3) is 0 Å². The van der Waals surface area contributed by atoms with Crippen LogP contribution in [0.1, 0.15) is 35.6 Å². The van der Waals surface area contributed by atoms with E-state index in [9.17, 15) is 23.1 Å². The summed E-state index contributed by atoms with van der Waals surface area (Å²) in [6, 6.07) is 9.28. The summed E-state index contributed by atoms with van der Waals surface area (Å²) in [5.74, 6) is -1.93. The van der Waals surface area contributed by atoms with Gasteiger partial charge in [0.15, 0.2) is 0 Å². The number of halogens is 1. The van der Waals surface area contributed by atoms with Crippen LogP contribution in [0.4, 0.5) is 0 Å². The van der Waals surface area contributed by atoms with Crippen LogP contribution in [-0.2, 0) is 39.0 Å². The Morgan fingerprint density at radius 2 is 1.95 bits per heavy atom. The molecule has 0 spiro atoms. The molecule has 0 bridgehead atoms. The second-order valence-electron chi connectivity index (χ2n) is 10.0. The fraction of sp³-hybridized carbons (Fsp3) is 0.370. The monoisotopic (exact) mass is 575 g/mol. The predicted octanol–water partition coefficient (Wildman–Crippen LogP) is 1.90. The zero-order valence-corrected chi connectivity index (χ0v) is 23.5. The SMILES string of the molecule is CC1=CCN(C(=O)[C@H](Cc2cccc(C(=N)N)c2)NS(=O)(=O)c2ccc3c(c2)CN(C)CC3)[C@H](C(=O)O)C1.Cl. The number of benzene rings is 2. The van der Waals surface area contributed by atoms with E-state index in [0.717, 1.165) is 29.7 Å². The van der Waals surface area contributed by atoms with Crippen molar-refractivity contribution in [2.45, 2.75) is 49.7 Å². The molecule has 2 heterocycles. The van der Waals surface area contributed by atoms with E-state index in [1.165, 1.54) is 11.0 Å². The molecule has 39 heavy (non-hydrogen) atoms. The van der Waals surface area contributed by atoms with Crippen molar-refractivity contribution in [1.82, 2.24) is 14.5 Å². The van der Waals surface area contributed by atoms with Crippen LogP contribution in [0, 0.1) is 5.41 Å². The Labute approximate surface area is 234 Å². The van der Waals surface area contributed by atoms with Crippen LogP contribution < -0.4 is 10.5 Å². The summed E-state index contributed by atoms with van der Waals surface area (Å²) in [5.41, 5.74) is 9.51. The van der Waals surface area contributed by atoms with Gasteiger partial charge in [-0.15, -0.1) is 12.4 Å². The molecule has 2 aromatic carbocycles. The number of amides is 1. The van der Waals surface area contributed by atoms with Gasteiger partial charge in [0.05, 0.1) is 4.90 Å². The summed E-state index contributed by atoms with van der Waals surface area (Å²) in [5, 5.41) is 17.5. The lowest BCUT2D eigenvalue weighted by Crippen LogP contribution is -2.55. The summed E-state index contributed by atoms with van der Waals surface area (Å²) >= 11 is 0. The number of nitrogens with zero attached hydrogens (tertiary/aromatic N) is 2. The number of rotatable bonds is 8. The fourth-order valence-corrected chi connectivity index (χ4v) is 6.16. The molecule has 0 saturated carbocycles. The zero-order chi connectivity index (χ0) is 27.6. The first-order chi connectivity index (χ1) is 17.9. The average molecular weight is 576 g/mol. The largest absolute Gasteiger partial charge is 0.480 e. The molecule has 0 radical (unpaired) electrons. The van der Waals surface area contributed by atoms with Gasteiger partial charge in [-0.3, -0.25) is 10.2 Å². The highest BCUT2D eigenvalue weighted by atomic mass is 35.5. The third-order valence-corrected chi connectivity index (χ3v) is 8.53. The maximum atomic E-state index is 13.8. The third-order valence-electron chi connectivity index (χ3n) is 7.06. The van der Waals surface area contributed by atoms with Gasteiger partial charge in [0, 0.05) is 25.2 Å². The molecule has 0 aromatic heterocycles. The second-order valence-corrected chi connectivity index (χ2v) is 11.7. The molecular formula is C27H34ClN5O5S. The number of carboxylic acid groups (broad SMARTS) is 1. The lowest BCUT2D eigenvalue weighted by Gasteiger charge is -2.34. The molecule has 2 aliphatic rings. The van der Waals surface area contributed by atoms with Gasteiger partial charge in [-0.25, -0.2) is 13.2 Å². The number of hydrogen-bond acceptors (Lipinski definition) is 6. The summed E-state index contributed by atoms with van der Waals surface area (Å²) in [6.45, 7) is 3.39. The Morgan fingerprint density at radius 1 is 1.21 bits per heavy atom. The number of carbonyl (C=O) groups is 2. The number of nitrogen functional groups attached to an aromatic ring is 1. The van der Waals surface area contributed by atoms with Crippen molar-refractivity contribution in [2.75, 3.05) is 20.1 Å². The van der Waals surface area contributed by atoms with E-state index >= 15 is 0 Å².